The summed E-state index contributed by atoms with van der Waals surface area (Å²) < 4.78 is 17.9. The monoisotopic (exact) mass is 488 g/mol. The Labute approximate surface area is 210 Å². The minimum Gasteiger partial charge on any atom is -0.444 e. The first-order valence-electron chi connectivity index (χ1n) is 12.3. The van der Waals surface area contributed by atoms with E-state index < -0.39 is 35.4 Å². The Morgan fingerprint density at radius 2 is 1.80 bits per heavy atom. The van der Waals surface area contributed by atoms with Crippen LogP contribution in [0.1, 0.15) is 73.3 Å². The molecule has 1 aromatic carbocycles. The Balaban J connectivity index is 1.81. The summed E-state index contributed by atoms with van der Waals surface area (Å²) in [6.45, 7) is 13.6. The van der Waals surface area contributed by atoms with Gasteiger partial charge in [-0.25, -0.2) is 9.86 Å². The molecule has 1 saturated carbocycles. The molecule has 1 aliphatic carbocycles. The average Bonchev–Trinajstić information content (AvgIpc) is 3.23. The lowest BCUT2D eigenvalue weighted by atomic mass is 9.75. The molecule has 1 aromatic rings. The predicted molar refractivity (Wildman–Crippen MR) is 135 cm³/mol. The number of nitrogens with zero attached hydrogens (tertiary/aromatic N) is 1. The molecule has 35 heavy (non-hydrogen) atoms. The van der Waals surface area contributed by atoms with Crippen molar-refractivity contribution in [3.05, 3.63) is 29.8 Å². The van der Waals surface area contributed by atoms with Crippen LogP contribution in [0, 0.1) is 5.41 Å². The summed E-state index contributed by atoms with van der Waals surface area (Å²) in [5.41, 5.74) is -0.229. The van der Waals surface area contributed by atoms with Gasteiger partial charge >= 0.3 is 13.2 Å². The SMILES string of the molecule is CON(C)C(=O)[C@@]1(Cc2cccc(B3OC(C)(C)C(C)(C)O3)c2)CC[C@H](NC(=O)OC(C)(C)C)C1. The molecule has 0 spiro atoms. The van der Waals surface area contributed by atoms with Crippen molar-refractivity contribution < 1.29 is 28.5 Å². The quantitative estimate of drug-likeness (QED) is 0.487. The topological polar surface area (TPSA) is 86.3 Å². The number of nitrogens with one attached hydrogen (secondary N) is 1. The van der Waals surface area contributed by atoms with Crippen LogP contribution in [-0.4, -0.2) is 61.2 Å². The number of benzene rings is 1. The van der Waals surface area contributed by atoms with Crippen LogP contribution in [0.3, 0.4) is 0 Å². The first-order valence-corrected chi connectivity index (χ1v) is 12.3. The van der Waals surface area contributed by atoms with Gasteiger partial charge in [-0.1, -0.05) is 24.3 Å². The number of amides is 2. The molecular weight excluding hydrogens is 447 g/mol. The zero-order valence-electron chi connectivity index (χ0n) is 22.7. The van der Waals surface area contributed by atoms with Gasteiger partial charge in [0.1, 0.15) is 5.60 Å². The minimum atomic E-state index is -0.709. The highest BCUT2D eigenvalue weighted by Gasteiger charge is 2.52. The Morgan fingerprint density at radius 3 is 2.37 bits per heavy atom. The van der Waals surface area contributed by atoms with Gasteiger partial charge in [-0.3, -0.25) is 9.63 Å². The molecule has 0 unspecified atom stereocenters. The largest absolute Gasteiger partial charge is 0.494 e. The van der Waals surface area contributed by atoms with Gasteiger partial charge in [0.15, 0.2) is 0 Å². The third-order valence-corrected chi connectivity index (χ3v) is 7.36. The molecule has 2 amide bonds. The second-order valence-electron chi connectivity index (χ2n) is 11.9. The van der Waals surface area contributed by atoms with Gasteiger partial charge in [-0.05, 0) is 85.2 Å². The van der Waals surface area contributed by atoms with Crippen LogP contribution in [0.5, 0.6) is 0 Å². The molecule has 2 fully saturated rings. The van der Waals surface area contributed by atoms with Crippen LogP contribution in [0.25, 0.3) is 0 Å². The molecule has 1 aliphatic heterocycles. The van der Waals surface area contributed by atoms with E-state index in [0.717, 1.165) is 11.0 Å². The number of alkyl carbamates (subject to hydrolysis) is 1. The van der Waals surface area contributed by atoms with Crippen LogP contribution >= 0.6 is 0 Å². The molecule has 2 atom stereocenters. The molecule has 194 valence electrons. The van der Waals surface area contributed by atoms with Gasteiger partial charge in [-0.2, -0.15) is 0 Å². The smallest absolute Gasteiger partial charge is 0.444 e. The number of hydrogen-bond donors (Lipinski definition) is 1. The van der Waals surface area contributed by atoms with Crippen LogP contribution < -0.4 is 10.8 Å². The summed E-state index contributed by atoms with van der Waals surface area (Å²) >= 11 is 0. The summed E-state index contributed by atoms with van der Waals surface area (Å²) in [5.74, 6) is -0.102. The number of hydrogen-bond acceptors (Lipinski definition) is 6. The van der Waals surface area contributed by atoms with Gasteiger partial charge < -0.3 is 19.4 Å². The maximum absolute atomic E-state index is 13.5. The molecule has 9 heteroatoms. The lowest BCUT2D eigenvalue weighted by Gasteiger charge is -2.32. The Hall–Kier alpha value is -2.10. The van der Waals surface area contributed by atoms with Crippen LogP contribution in [0.2, 0.25) is 0 Å². The lowest BCUT2D eigenvalue weighted by Crippen LogP contribution is -2.44. The summed E-state index contributed by atoms with van der Waals surface area (Å²) in [5, 5.41) is 4.23. The minimum absolute atomic E-state index is 0.102. The molecule has 2 aliphatic rings. The van der Waals surface area contributed by atoms with E-state index in [1.807, 2.05) is 66.7 Å². The standard InChI is InChI=1S/C26H41BN2O6/c1-23(2,3)33-22(31)28-20-13-14-26(17-20,21(30)29(8)32-9)16-18-11-10-12-19(15-18)27-34-24(4,5)25(6,7)35-27/h10-12,15,20H,13-14,16-17H2,1-9H3,(H,28,31)/t20-,26+/m0/s1. The molecular formula is C26H41BN2O6. The van der Waals surface area contributed by atoms with Gasteiger partial charge in [0, 0.05) is 13.1 Å². The summed E-state index contributed by atoms with van der Waals surface area (Å²) in [4.78, 5) is 31.1. The first kappa shape index (κ1) is 27.5. The van der Waals surface area contributed by atoms with E-state index in [-0.39, 0.29) is 11.9 Å². The van der Waals surface area contributed by atoms with Crippen molar-refractivity contribution in [2.45, 2.75) is 97.0 Å². The van der Waals surface area contributed by atoms with Gasteiger partial charge in [0.25, 0.3) is 5.91 Å². The third-order valence-electron chi connectivity index (χ3n) is 7.36. The van der Waals surface area contributed by atoms with Crippen molar-refractivity contribution in [2.75, 3.05) is 14.2 Å². The zero-order valence-corrected chi connectivity index (χ0v) is 22.7. The molecule has 1 heterocycles. The first-order chi connectivity index (χ1) is 16.1. The highest BCUT2D eigenvalue weighted by molar-refractivity contribution is 6.62. The van der Waals surface area contributed by atoms with Crippen LogP contribution in [0.4, 0.5) is 4.79 Å². The second kappa shape index (κ2) is 9.75. The average molecular weight is 488 g/mol. The van der Waals surface area contributed by atoms with Crippen LogP contribution in [-0.2, 0) is 30.1 Å². The zero-order chi connectivity index (χ0) is 26.2. The van der Waals surface area contributed by atoms with E-state index in [4.69, 9.17) is 18.9 Å². The van der Waals surface area contributed by atoms with E-state index in [9.17, 15) is 9.59 Å². The van der Waals surface area contributed by atoms with Crippen molar-refractivity contribution in [3.8, 4) is 0 Å². The predicted octanol–water partition coefficient (Wildman–Crippen LogP) is 3.61. The molecule has 1 N–H and O–H groups in total. The number of carbonyl (C=O) groups excluding carboxylic acids is 2. The number of ether oxygens (including phenoxy) is 1. The van der Waals surface area contributed by atoms with Crippen LogP contribution in [0.15, 0.2) is 24.3 Å². The highest BCUT2D eigenvalue weighted by Crippen LogP contribution is 2.43. The molecule has 0 aromatic heterocycles. The molecule has 8 nitrogen and oxygen atoms in total. The van der Waals surface area contributed by atoms with E-state index in [1.165, 1.54) is 12.2 Å². The van der Waals surface area contributed by atoms with Crippen molar-refractivity contribution in [3.63, 3.8) is 0 Å². The highest BCUT2D eigenvalue weighted by atomic mass is 16.7. The fourth-order valence-corrected chi connectivity index (χ4v) is 4.79. The van der Waals surface area contributed by atoms with Crippen molar-refractivity contribution in [1.29, 1.82) is 0 Å². The molecule has 1 saturated heterocycles. The fraction of sp³-hybridized carbons (Fsp3) is 0.692. The van der Waals surface area contributed by atoms with Crippen molar-refractivity contribution in [2.24, 2.45) is 5.41 Å². The number of carbonyl (C=O) groups is 2. The summed E-state index contributed by atoms with van der Waals surface area (Å²) in [6, 6.07) is 7.87. The Kier molecular flexibility index (Phi) is 7.66. The van der Waals surface area contributed by atoms with Crippen molar-refractivity contribution >= 4 is 24.6 Å². The van der Waals surface area contributed by atoms with Crippen molar-refractivity contribution in [1.82, 2.24) is 10.4 Å². The lowest BCUT2D eigenvalue weighted by molar-refractivity contribution is -0.180. The maximum atomic E-state index is 13.5. The fourth-order valence-electron chi connectivity index (χ4n) is 4.79. The van der Waals surface area contributed by atoms with E-state index in [1.54, 1.807) is 7.05 Å². The van der Waals surface area contributed by atoms with Gasteiger partial charge in [-0.15, -0.1) is 0 Å². The summed E-state index contributed by atoms with van der Waals surface area (Å²) in [6.07, 6.45) is 1.85. The molecule has 3 rings (SSSR count). The third kappa shape index (κ3) is 6.19. The van der Waals surface area contributed by atoms with Gasteiger partial charge in [0.2, 0.25) is 0 Å². The number of rotatable bonds is 6. The second-order valence-corrected chi connectivity index (χ2v) is 11.9. The van der Waals surface area contributed by atoms with Gasteiger partial charge in [0.05, 0.1) is 23.7 Å². The molecule has 0 bridgehead atoms. The normalized spacial score (nSPS) is 25.4. The Bertz CT molecular complexity index is 928. The maximum Gasteiger partial charge on any atom is 0.494 e. The Morgan fingerprint density at radius 1 is 1.17 bits per heavy atom. The van der Waals surface area contributed by atoms with E-state index >= 15 is 0 Å². The van der Waals surface area contributed by atoms with E-state index in [2.05, 4.69) is 11.4 Å². The van der Waals surface area contributed by atoms with E-state index in [0.29, 0.717) is 25.7 Å². The summed E-state index contributed by atoms with van der Waals surface area (Å²) in [7, 11) is 2.63. The number of hydroxylamine groups is 2. The molecule has 0 radical (unpaired) electrons.